The molecule has 0 aromatic heterocycles. The fourth-order valence-corrected chi connectivity index (χ4v) is 2.41. The van der Waals surface area contributed by atoms with Gasteiger partial charge in [0.1, 0.15) is 5.82 Å². The van der Waals surface area contributed by atoms with Gasteiger partial charge in [0.05, 0.1) is 11.4 Å². The van der Waals surface area contributed by atoms with Crippen LogP contribution in [0.3, 0.4) is 0 Å². The highest BCUT2D eigenvalue weighted by Crippen LogP contribution is 2.16. The Labute approximate surface area is 119 Å². The molecule has 5 nitrogen and oxygen atoms in total. The summed E-state index contributed by atoms with van der Waals surface area (Å²) in [6.45, 7) is 0.0842. The van der Waals surface area contributed by atoms with Crippen molar-refractivity contribution in [2.75, 3.05) is 34.4 Å². The number of halogens is 1. The molecule has 0 saturated heterocycles. The second-order valence-electron chi connectivity index (χ2n) is 4.93. The van der Waals surface area contributed by atoms with E-state index in [1.807, 2.05) is 28.2 Å². The minimum Gasteiger partial charge on any atom is -0.349 e. The SMILES string of the molecule is CN(C)C(=NCc1cc(S(C)(=O)=O)ccc1F)N(C)C. The van der Waals surface area contributed by atoms with E-state index in [4.69, 9.17) is 0 Å². The molecule has 112 valence electrons. The third-order valence-electron chi connectivity index (χ3n) is 2.64. The molecule has 0 bridgehead atoms. The lowest BCUT2D eigenvalue weighted by Crippen LogP contribution is -2.35. The average Bonchev–Trinajstić information content (AvgIpc) is 2.29. The molecule has 0 N–H and O–H groups in total. The van der Waals surface area contributed by atoms with E-state index in [1.54, 1.807) is 9.80 Å². The lowest BCUT2D eigenvalue weighted by atomic mass is 10.2. The summed E-state index contributed by atoms with van der Waals surface area (Å²) in [6.07, 6.45) is 1.10. The van der Waals surface area contributed by atoms with Crippen LogP contribution in [0.15, 0.2) is 28.1 Å². The fourth-order valence-electron chi connectivity index (χ4n) is 1.74. The predicted octanol–water partition coefficient (Wildman–Crippen LogP) is 1.21. The first-order chi connectivity index (χ1) is 9.12. The second-order valence-corrected chi connectivity index (χ2v) is 6.95. The van der Waals surface area contributed by atoms with E-state index in [9.17, 15) is 12.8 Å². The number of aliphatic imine (C=N–C) groups is 1. The van der Waals surface area contributed by atoms with E-state index in [2.05, 4.69) is 4.99 Å². The van der Waals surface area contributed by atoms with Crippen molar-refractivity contribution < 1.29 is 12.8 Å². The van der Waals surface area contributed by atoms with Gasteiger partial charge in [-0.25, -0.2) is 17.8 Å². The molecule has 0 amide bonds. The molecule has 20 heavy (non-hydrogen) atoms. The van der Waals surface area contributed by atoms with Gasteiger partial charge >= 0.3 is 0 Å². The molecule has 0 aliphatic carbocycles. The number of benzene rings is 1. The summed E-state index contributed by atoms with van der Waals surface area (Å²) in [4.78, 5) is 8.02. The van der Waals surface area contributed by atoms with Gasteiger partial charge in [-0.15, -0.1) is 0 Å². The van der Waals surface area contributed by atoms with Crippen molar-refractivity contribution in [2.24, 2.45) is 4.99 Å². The Kier molecular flexibility index (Phi) is 5.10. The van der Waals surface area contributed by atoms with Crippen molar-refractivity contribution in [1.29, 1.82) is 0 Å². The van der Waals surface area contributed by atoms with E-state index in [0.29, 0.717) is 5.96 Å². The van der Waals surface area contributed by atoms with Crippen LogP contribution in [0.1, 0.15) is 5.56 Å². The standard InChI is InChI=1S/C13H20FN3O2S/c1-16(2)13(17(3)4)15-9-10-8-11(20(5,18)19)6-7-12(10)14/h6-8H,9H2,1-5H3. The van der Waals surface area contributed by atoms with E-state index in [0.717, 1.165) is 12.3 Å². The van der Waals surface area contributed by atoms with Crippen molar-refractivity contribution in [3.8, 4) is 0 Å². The Morgan fingerprint density at radius 3 is 2.20 bits per heavy atom. The van der Waals surface area contributed by atoms with E-state index < -0.39 is 15.7 Å². The van der Waals surface area contributed by atoms with Crippen molar-refractivity contribution >= 4 is 15.8 Å². The second kappa shape index (κ2) is 6.21. The van der Waals surface area contributed by atoms with Gasteiger partial charge in [0.2, 0.25) is 0 Å². The summed E-state index contributed by atoms with van der Waals surface area (Å²) in [5, 5.41) is 0. The average molecular weight is 301 g/mol. The number of sulfone groups is 1. The number of hydrogen-bond acceptors (Lipinski definition) is 3. The topological polar surface area (TPSA) is 53.0 Å². The summed E-state index contributed by atoms with van der Waals surface area (Å²) < 4.78 is 36.7. The summed E-state index contributed by atoms with van der Waals surface area (Å²) in [5.74, 6) is 0.215. The van der Waals surface area contributed by atoms with Gasteiger partial charge < -0.3 is 9.80 Å². The zero-order valence-corrected chi connectivity index (χ0v) is 13.2. The first-order valence-electron chi connectivity index (χ1n) is 6.00. The van der Waals surface area contributed by atoms with Gasteiger partial charge in [0.15, 0.2) is 15.8 Å². The van der Waals surface area contributed by atoms with Crippen LogP contribution in [0, 0.1) is 5.82 Å². The fraction of sp³-hybridized carbons (Fsp3) is 0.462. The third kappa shape index (κ3) is 4.19. The zero-order chi connectivity index (χ0) is 15.5. The van der Waals surface area contributed by atoms with Crippen LogP contribution in [0.5, 0.6) is 0 Å². The first kappa shape index (κ1) is 16.4. The highest BCUT2D eigenvalue weighted by Gasteiger charge is 2.11. The zero-order valence-electron chi connectivity index (χ0n) is 12.4. The quantitative estimate of drug-likeness (QED) is 0.478. The molecule has 0 aliphatic heterocycles. The third-order valence-corrected chi connectivity index (χ3v) is 3.75. The molecule has 0 spiro atoms. The summed E-state index contributed by atoms with van der Waals surface area (Å²) >= 11 is 0. The first-order valence-corrected chi connectivity index (χ1v) is 7.89. The lowest BCUT2D eigenvalue weighted by Gasteiger charge is -2.22. The molecular weight excluding hydrogens is 281 g/mol. The van der Waals surface area contributed by atoms with Gasteiger partial charge in [-0.2, -0.15) is 0 Å². The van der Waals surface area contributed by atoms with E-state index in [1.165, 1.54) is 12.1 Å². The Bertz CT molecular complexity index is 600. The number of hydrogen-bond donors (Lipinski definition) is 0. The van der Waals surface area contributed by atoms with Gasteiger partial charge in [-0.05, 0) is 18.2 Å². The Morgan fingerprint density at radius 2 is 1.75 bits per heavy atom. The van der Waals surface area contributed by atoms with Crippen molar-refractivity contribution in [3.05, 3.63) is 29.6 Å². The Morgan fingerprint density at radius 1 is 1.20 bits per heavy atom. The maximum Gasteiger partial charge on any atom is 0.195 e. The Balaban J connectivity index is 3.12. The minimum absolute atomic E-state index is 0.0842. The molecule has 1 aromatic rings. The highest BCUT2D eigenvalue weighted by atomic mass is 32.2. The molecule has 7 heteroatoms. The molecule has 0 heterocycles. The van der Waals surface area contributed by atoms with Crippen molar-refractivity contribution in [2.45, 2.75) is 11.4 Å². The van der Waals surface area contributed by atoms with Gasteiger partial charge in [-0.3, -0.25) is 0 Å². The largest absolute Gasteiger partial charge is 0.349 e. The van der Waals surface area contributed by atoms with Gasteiger partial charge in [-0.1, -0.05) is 0 Å². The highest BCUT2D eigenvalue weighted by molar-refractivity contribution is 7.90. The van der Waals surface area contributed by atoms with Crippen molar-refractivity contribution in [1.82, 2.24) is 9.80 Å². The van der Waals surface area contributed by atoms with Crippen LogP contribution < -0.4 is 0 Å². The van der Waals surface area contributed by atoms with Crippen LogP contribution >= 0.6 is 0 Å². The van der Waals surface area contributed by atoms with Crippen LogP contribution in [0.2, 0.25) is 0 Å². The van der Waals surface area contributed by atoms with Crippen molar-refractivity contribution in [3.63, 3.8) is 0 Å². The minimum atomic E-state index is -3.35. The maximum atomic E-state index is 13.7. The van der Waals surface area contributed by atoms with Crippen LogP contribution in [-0.2, 0) is 16.4 Å². The van der Waals surface area contributed by atoms with E-state index >= 15 is 0 Å². The van der Waals surface area contributed by atoms with Crippen LogP contribution in [0.4, 0.5) is 4.39 Å². The lowest BCUT2D eigenvalue weighted by molar-refractivity contribution is 0.478. The molecule has 0 saturated carbocycles. The summed E-state index contributed by atoms with van der Waals surface area (Å²) in [6, 6.07) is 3.75. The molecule has 0 radical (unpaired) electrons. The van der Waals surface area contributed by atoms with Gasteiger partial charge in [0, 0.05) is 40.0 Å². The Hall–Kier alpha value is -1.63. The summed E-state index contributed by atoms with van der Waals surface area (Å²) in [5.41, 5.74) is 0.258. The molecule has 1 rings (SSSR count). The number of guanidine groups is 1. The number of rotatable bonds is 3. The monoisotopic (exact) mass is 301 g/mol. The smallest absolute Gasteiger partial charge is 0.195 e. The molecule has 0 aliphatic rings. The predicted molar refractivity (Wildman–Crippen MR) is 78.0 cm³/mol. The molecule has 1 aromatic carbocycles. The molecule has 0 fully saturated rings. The maximum absolute atomic E-state index is 13.7. The van der Waals surface area contributed by atoms with Crippen LogP contribution in [-0.4, -0.2) is 58.6 Å². The molecule has 0 unspecified atom stereocenters. The molecule has 0 atom stereocenters. The normalized spacial score (nSPS) is 11.1. The van der Waals surface area contributed by atoms with E-state index in [-0.39, 0.29) is 17.0 Å². The molecular formula is C13H20FN3O2S. The summed E-state index contributed by atoms with van der Waals surface area (Å²) in [7, 11) is 3.99. The number of nitrogens with zero attached hydrogens (tertiary/aromatic N) is 3. The van der Waals surface area contributed by atoms with Gasteiger partial charge in [0.25, 0.3) is 0 Å². The van der Waals surface area contributed by atoms with Crippen LogP contribution in [0.25, 0.3) is 0 Å².